The molecule has 3 heterocycles. The number of nitrogens with zero attached hydrogens (tertiary/aromatic N) is 4. The van der Waals surface area contributed by atoms with Crippen LogP contribution in [0.1, 0.15) is 36.1 Å². The van der Waals surface area contributed by atoms with Gasteiger partial charge in [0.25, 0.3) is 5.56 Å². The number of fused-ring (bicyclic) bond motifs is 1. The van der Waals surface area contributed by atoms with Gasteiger partial charge in [-0.15, -0.1) is 0 Å². The summed E-state index contributed by atoms with van der Waals surface area (Å²) in [5.41, 5.74) is -0.335. The van der Waals surface area contributed by atoms with E-state index in [1.54, 1.807) is 6.07 Å². The van der Waals surface area contributed by atoms with Crippen LogP contribution in [-0.4, -0.2) is 34.5 Å². The van der Waals surface area contributed by atoms with E-state index in [1.165, 1.54) is 43.1 Å². The fourth-order valence-electron chi connectivity index (χ4n) is 4.01. The zero-order valence-electron chi connectivity index (χ0n) is 18.7. The summed E-state index contributed by atoms with van der Waals surface area (Å²) in [6.45, 7) is 1.54. The Morgan fingerprint density at radius 2 is 2.03 bits per heavy atom. The van der Waals surface area contributed by atoms with Crippen LogP contribution in [0.2, 0.25) is 0 Å². The van der Waals surface area contributed by atoms with Gasteiger partial charge in [0.05, 0.1) is 28.5 Å². The molecule has 8 nitrogen and oxygen atoms in total. The highest BCUT2D eigenvalue weighted by Gasteiger charge is 2.35. The first-order chi connectivity index (χ1) is 16.4. The average molecular weight is 504 g/mol. The van der Waals surface area contributed by atoms with Crippen molar-refractivity contribution in [2.75, 3.05) is 16.8 Å². The molecule has 0 spiro atoms. The van der Waals surface area contributed by atoms with Crippen LogP contribution in [-0.2, 0) is 22.8 Å². The van der Waals surface area contributed by atoms with Gasteiger partial charge in [-0.05, 0) is 31.1 Å². The van der Waals surface area contributed by atoms with Gasteiger partial charge in [0.2, 0.25) is 0 Å². The Morgan fingerprint density at radius 3 is 2.69 bits per heavy atom. The standard InChI is InChI=1S/C23H20F3N5O3S/c1-13(15-4-3-5-18(19(15)24)23(25,26)11-27)30-20-17-10-16(14-6-8-35(33,34)9-7-14)22(32)31(2)21(17)29-12-28-20/h3-6,10,12-13H,7-9H2,1-2H3,(H,28,29,30)/t13-/m1/s1. The largest absolute Gasteiger partial charge is 0.363 e. The Kier molecular flexibility index (Phi) is 6.14. The maximum absolute atomic E-state index is 14.9. The van der Waals surface area contributed by atoms with Gasteiger partial charge >= 0.3 is 5.92 Å². The number of nitriles is 1. The number of benzene rings is 1. The number of allylic oxidation sites excluding steroid dienone is 1. The molecule has 0 saturated heterocycles. The van der Waals surface area contributed by atoms with Crippen molar-refractivity contribution in [2.24, 2.45) is 7.05 Å². The van der Waals surface area contributed by atoms with Gasteiger partial charge in [0.1, 0.15) is 29.7 Å². The molecule has 1 atom stereocenters. The highest BCUT2D eigenvalue weighted by atomic mass is 32.2. The van der Waals surface area contributed by atoms with Crippen LogP contribution in [0.15, 0.2) is 41.5 Å². The first-order valence-electron chi connectivity index (χ1n) is 10.5. The second-order valence-corrected chi connectivity index (χ2v) is 10.5. The molecule has 1 aliphatic rings. The van der Waals surface area contributed by atoms with Gasteiger partial charge in [-0.3, -0.25) is 9.36 Å². The van der Waals surface area contributed by atoms with Crippen LogP contribution in [0, 0.1) is 17.1 Å². The number of anilines is 1. The summed E-state index contributed by atoms with van der Waals surface area (Å²) >= 11 is 0. The van der Waals surface area contributed by atoms with Gasteiger partial charge in [-0.2, -0.15) is 14.0 Å². The third-order valence-corrected chi connectivity index (χ3v) is 7.44. The summed E-state index contributed by atoms with van der Waals surface area (Å²) in [6, 6.07) is 4.92. The molecule has 0 amide bonds. The Bertz CT molecular complexity index is 1580. The van der Waals surface area contributed by atoms with E-state index in [-0.39, 0.29) is 40.5 Å². The van der Waals surface area contributed by atoms with Crippen LogP contribution >= 0.6 is 0 Å². The van der Waals surface area contributed by atoms with Crippen molar-refractivity contribution < 1.29 is 21.6 Å². The van der Waals surface area contributed by atoms with Gasteiger partial charge in [-0.25, -0.2) is 22.8 Å². The van der Waals surface area contributed by atoms with E-state index in [1.807, 2.05) is 0 Å². The summed E-state index contributed by atoms with van der Waals surface area (Å²) in [4.78, 5) is 21.3. The molecule has 3 aromatic rings. The molecule has 0 bridgehead atoms. The highest BCUT2D eigenvalue weighted by molar-refractivity contribution is 7.91. The third-order valence-electron chi connectivity index (χ3n) is 5.94. The molecule has 0 saturated carbocycles. The summed E-state index contributed by atoms with van der Waals surface area (Å²) in [5.74, 6) is -5.22. The van der Waals surface area contributed by atoms with Crippen molar-refractivity contribution in [3.63, 3.8) is 0 Å². The van der Waals surface area contributed by atoms with E-state index < -0.39 is 33.2 Å². The van der Waals surface area contributed by atoms with Crippen molar-refractivity contribution >= 4 is 32.3 Å². The molecule has 2 aromatic heterocycles. The number of alkyl halides is 2. The van der Waals surface area contributed by atoms with Gasteiger partial charge in [0.15, 0.2) is 9.84 Å². The van der Waals surface area contributed by atoms with E-state index in [2.05, 4.69) is 15.3 Å². The van der Waals surface area contributed by atoms with E-state index in [9.17, 15) is 26.4 Å². The number of hydrogen-bond acceptors (Lipinski definition) is 7. The normalized spacial score (nSPS) is 16.4. The number of sulfone groups is 1. The zero-order valence-corrected chi connectivity index (χ0v) is 19.5. The quantitative estimate of drug-likeness (QED) is 0.567. The molecule has 35 heavy (non-hydrogen) atoms. The number of aromatic nitrogens is 3. The molecule has 1 aromatic carbocycles. The summed E-state index contributed by atoms with van der Waals surface area (Å²) in [7, 11) is -1.68. The monoisotopic (exact) mass is 503 g/mol. The number of hydrogen-bond donors (Lipinski definition) is 1. The minimum atomic E-state index is -3.99. The first kappa shape index (κ1) is 24.4. The molecule has 0 unspecified atom stereocenters. The summed E-state index contributed by atoms with van der Waals surface area (Å²) < 4.78 is 67.5. The third kappa shape index (κ3) is 4.51. The molecule has 1 N–H and O–H groups in total. The Labute approximate surface area is 198 Å². The Balaban J connectivity index is 1.78. The molecular weight excluding hydrogens is 483 g/mol. The van der Waals surface area contributed by atoms with Gasteiger partial charge in [-0.1, -0.05) is 18.2 Å². The summed E-state index contributed by atoms with van der Waals surface area (Å²) in [6.07, 6.45) is 2.90. The van der Waals surface area contributed by atoms with Crippen molar-refractivity contribution in [3.05, 3.63) is 69.5 Å². The fourth-order valence-corrected chi connectivity index (χ4v) is 5.16. The second kappa shape index (κ2) is 8.81. The van der Waals surface area contributed by atoms with Gasteiger partial charge < -0.3 is 5.32 Å². The SMILES string of the molecule is C[C@@H](Nc1ncnc2c1cc(C1=CCS(=O)(=O)CC1)c(=O)n2C)c1cccc(C(F)(F)C#N)c1F. The maximum Gasteiger partial charge on any atom is 0.360 e. The molecule has 12 heteroatoms. The lowest BCUT2D eigenvalue weighted by Crippen LogP contribution is -2.24. The number of rotatable bonds is 5. The molecule has 0 aliphatic carbocycles. The number of nitrogens with one attached hydrogen (secondary N) is 1. The van der Waals surface area contributed by atoms with Crippen LogP contribution in [0.3, 0.4) is 0 Å². The van der Waals surface area contributed by atoms with E-state index >= 15 is 0 Å². The van der Waals surface area contributed by atoms with Crippen molar-refractivity contribution in [2.45, 2.75) is 25.3 Å². The molecule has 182 valence electrons. The molecule has 4 rings (SSSR count). The lowest BCUT2D eigenvalue weighted by molar-refractivity contribution is 0.0569. The Morgan fingerprint density at radius 1 is 1.29 bits per heavy atom. The molecule has 0 fully saturated rings. The van der Waals surface area contributed by atoms with Crippen molar-refractivity contribution in [3.8, 4) is 6.07 Å². The fraction of sp³-hybridized carbons (Fsp3) is 0.304. The minimum Gasteiger partial charge on any atom is -0.363 e. The van der Waals surface area contributed by atoms with Crippen LogP contribution < -0.4 is 10.9 Å². The predicted octanol–water partition coefficient (Wildman–Crippen LogP) is 3.46. The highest BCUT2D eigenvalue weighted by Crippen LogP contribution is 2.34. The van der Waals surface area contributed by atoms with E-state index in [0.29, 0.717) is 16.5 Å². The maximum atomic E-state index is 14.9. The van der Waals surface area contributed by atoms with Crippen molar-refractivity contribution in [1.29, 1.82) is 5.26 Å². The van der Waals surface area contributed by atoms with Crippen LogP contribution in [0.25, 0.3) is 16.6 Å². The van der Waals surface area contributed by atoms with Crippen LogP contribution in [0.5, 0.6) is 0 Å². The number of halogens is 3. The number of pyridine rings is 1. The van der Waals surface area contributed by atoms with E-state index in [0.717, 1.165) is 12.1 Å². The lowest BCUT2D eigenvalue weighted by atomic mass is 10.00. The summed E-state index contributed by atoms with van der Waals surface area (Å²) in [5, 5.41) is 12.1. The van der Waals surface area contributed by atoms with Crippen molar-refractivity contribution in [1.82, 2.24) is 14.5 Å². The Hall–Kier alpha value is -3.72. The molecular formula is C23H20F3N5O3S. The zero-order chi connectivity index (χ0) is 25.5. The minimum absolute atomic E-state index is 0.0730. The number of aryl methyl sites for hydroxylation is 1. The average Bonchev–Trinajstić information content (AvgIpc) is 2.82. The topological polar surface area (TPSA) is 118 Å². The van der Waals surface area contributed by atoms with Gasteiger partial charge in [0, 0.05) is 18.2 Å². The lowest BCUT2D eigenvalue weighted by Gasteiger charge is -2.20. The predicted molar refractivity (Wildman–Crippen MR) is 124 cm³/mol. The first-order valence-corrected chi connectivity index (χ1v) is 12.4. The second-order valence-electron chi connectivity index (χ2n) is 8.24. The molecule has 0 radical (unpaired) electrons. The van der Waals surface area contributed by atoms with E-state index in [4.69, 9.17) is 5.26 Å². The smallest absolute Gasteiger partial charge is 0.360 e. The molecule has 1 aliphatic heterocycles. The van der Waals surface area contributed by atoms with Crippen LogP contribution in [0.4, 0.5) is 19.0 Å².